The van der Waals surface area contributed by atoms with Gasteiger partial charge in [0, 0.05) is 16.3 Å². The van der Waals surface area contributed by atoms with Gasteiger partial charge in [0.05, 0.1) is 11.1 Å². The van der Waals surface area contributed by atoms with Crippen LogP contribution in [0.3, 0.4) is 0 Å². The monoisotopic (exact) mass is 301 g/mol. The van der Waals surface area contributed by atoms with E-state index in [4.69, 9.17) is 16.3 Å². The Kier molecular flexibility index (Phi) is 3.90. The largest absolute Gasteiger partial charge is 0.406 e. The van der Waals surface area contributed by atoms with Gasteiger partial charge in [-0.25, -0.2) is 0 Å². The second-order valence-corrected chi connectivity index (χ2v) is 5.76. The van der Waals surface area contributed by atoms with Crippen LogP contribution in [0, 0.1) is 17.9 Å². The fourth-order valence-corrected chi connectivity index (χ4v) is 2.43. The summed E-state index contributed by atoms with van der Waals surface area (Å²) in [6.45, 7) is 2.03. The van der Waals surface area contributed by atoms with Gasteiger partial charge in [0.15, 0.2) is 5.75 Å². The highest BCUT2D eigenvalue weighted by molar-refractivity contribution is 6.31. The highest BCUT2D eigenvalue weighted by Gasteiger charge is 2.18. The lowest BCUT2D eigenvalue weighted by Gasteiger charge is -2.09. The van der Waals surface area contributed by atoms with E-state index >= 15 is 0 Å². The summed E-state index contributed by atoms with van der Waals surface area (Å²) in [4.78, 5) is 15.1. The molecule has 2 aromatic rings. The third kappa shape index (κ3) is 3.06. The number of aromatic amines is 1. The molecule has 21 heavy (non-hydrogen) atoms. The smallest absolute Gasteiger partial charge is 0.255 e. The van der Waals surface area contributed by atoms with Crippen LogP contribution >= 0.6 is 11.6 Å². The molecule has 1 saturated carbocycles. The van der Waals surface area contributed by atoms with Crippen LogP contribution < -0.4 is 10.3 Å². The van der Waals surface area contributed by atoms with Crippen LogP contribution in [0.1, 0.15) is 31.7 Å². The molecule has 0 bridgehead atoms. The zero-order chi connectivity index (χ0) is 14.8. The van der Waals surface area contributed by atoms with Crippen molar-refractivity contribution in [2.75, 3.05) is 0 Å². The molecule has 1 aliphatic carbocycles. The van der Waals surface area contributed by atoms with E-state index in [1.807, 2.05) is 6.92 Å². The molecule has 3 rings (SSSR count). The van der Waals surface area contributed by atoms with Crippen LogP contribution in [0.2, 0.25) is 5.02 Å². The number of halogens is 1. The number of nitrogens with one attached hydrogen (secondary N) is 1. The van der Waals surface area contributed by atoms with Crippen LogP contribution in [0.5, 0.6) is 5.75 Å². The molecule has 1 aromatic heterocycles. The first kappa shape index (κ1) is 14.0. The van der Waals surface area contributed by atoms with Crippen molar-refractivity contribution in [1.82, 2.24) is 4.98 Å². The number of hydrogen-bond acceptors (Lipinski definition) is 2. The lowest BCUT2D eigenvalue weighted by Crippen LogP contribution is -2.14. The van der Waals surface area contributed by atoms with E-state index in [9.17, 15) is 4.79 Å². The molecule has 1 heterocycles. The van der Waals surface area contributed by atoms with Crippen molar-refractivity contribution in [2.45, 2.75) is 32.6 Å². The van der Waals surface area contributed by atoms with Gasteiger partial charge in [-0.1, -0.05) is 30.9 Å². The molecule has 1 aliphatic rings. The Morgan fingerprint density at radius 1 is 1.43 bits per heavy atom. The van der Waals surface area contributed by atoms with Crippen LogP contribution in [0.15, 0.2) is 23.0 Å². The van der Waals surface area contributed by atoms with Crippen LogP contribution in [-0.4, -0.2) is 4.98 Å². The molecular weight excluding hydrogens is 286 g/mol. The molecule has 1 N–H and O–H groups in total. The molecule has 0 amide bonds. The molecular formula is C17H16ClNO2. The van der Waals surface area contributed by atoms with Crippen molar-refractivity contribution in [3.05, 3.63) is 39.1 Å². The van der Waals surface area contributed by atoms with Crippen molar-refractivity contribution in [3.63, 3.8) is 0 Å². The second kappa shape index (κ2) is 5.83. The topological polar surface area (TPSA) is 42.1 Å². The minimum Gasteiger partial charge on any atom is -0.406 e. The maximum Gasteiger partial charge on any atom is 0.255 e. The van der Waals surface area contributed by atoms with Crippen LogP contribution in [0.4, 0.5) is 0 Å². The molecule has 3 nitrogen and oxygen atoms in total. The Labute approximate surface area is 128 Å². The van der Waals surface area contributed by atoms with E-state index in [2.05, 4.69) is 17.0 Å². The van der Waals surface area contributed by atoms with Gasteiger partial charge in [0.25, 0.3) is 5.56 Å². The van der Waals surface area contributed by atoms with E-state index in [-0.39, 0.29) is 5.56 Å². The SMILES string of the molecule is CCCc1c(OC#CC2CC2)c2cc(Cl)ccc2[nH]c1=O. The zero-order valence-corrected chi connectivity index (χ0v) is 12.6. The summed E-state index contributed by atoms with van der Waals surface area (Å²) in [5, 5.41) is 1.41. The quantitative estimate of drug-likeness (QED) is 0.874. The van der Waals surface area contributed by atoms with Crippen LogP contribution in [0.25, 0.3) is 10.9 Å². The van der Waals surface area contributed by atoms with E-state index in [1.54, 1.807) is 18.2 Å². The summed E-state index contributed by atoms with van der Waals surface area (Å²) in [5.41, 5.74) is 1.24. The predicted octanol–water partition coefficient (Wildman–Crippen LogP) is 3.88. The molecule has 1 fully saturated rings. The molecule has 0 spiro atoms. The van der Waals surface area contributed by atoms with Gasteiger partial charge in [-0.05, 0) is 37.5 Å². The number of ether oxygens (including phenoxy) is 1. The molecule has 0 saturated heterocycles. The average Bonchev–Trinajstić information content (AvgIpc) is 3.27. The van der Waals surface area contributed by atoms with Crippen molar-refractivity contribution in [3.8, 4) is 17.8 Å². The summed E-state index contributed by atoms with van der Waals surface area (Å²) >= 11 is 6.07. The van der Waals surface area contributed by atoms with Crippen LogP contribution in [-0.2, 0) is 6.42 Å². The minimum absolute atomic E-state index is 0.116. The first-order valence-corrected chi connectivity index (χ1v) is 7.58. The lowest BCUT2D eigenvalue weighted by molar-refractivity contribution is 0.514. The minimum atomic E-state index is -0.116. The number of aromatic nitrogens is 1. The normalized spacial score (nSPS) is 13.8. The lowest BCUT2D eigenvalue weighted by atomic mass is 10.1. The number of pyridine rings is 1. The van der Waals surface area contributed by atoms with Gasteiger partial charge >= 0.3 is 0 Å². The summed E-state index contributed by atoms with van der Waals surface area (Å²) in [6.07, 6.45) is 6.55. The maximum atomic E-state index is 12.2. The third-order valence-corrected chi connectivity index (χ3v) is 3.75. The first-order valence-electron chi connectivity index (χ1n) is 7.21. The Morgan fingerprint density at radius 2 is 2.24 bits per heavy atom. The number of rotatable bonds is 3. The van der Waals surface area contributed by atoms with Gasteiger partial charge in [-0.3, -0.25) is 4.79 Å². The molecule has 0 radical (unpaired) electrons. The van der Waals surface area contributed by atoms with Crippen molar-refractivity contribution < 1.29 is 4.74 Å². The summed E-state index contributed by atoms with van der Waals surface area (Å²) in [6, 6.07) is 5.34. The Hall–Kier alpha value is -1.92. The summed E-state index contributed by atoms with van der Waals surface area (Å²) in [7, 11) is 0. The van der Waals surface area contributed by atoms with Gasteiger partial charge in [0.1, 0.15) is 6.11 Å². The number of benzene rings is 1. The van der Waals surface area contributed by atoms with Gasteiger partial charge in [-0.2, -0.15) is 0 Å². The van der Waals surface area contributed by atoms with E-state index in [1.165, 1.54) is 0 Å². The Morgan fingerprint density at radius 3 is 2.95 bits per heavy atom. The molecule has 108 valence electrons. The number of hydrogen-bond donors (Lipinski definition) is 1. The molecule has 0 atom stereocenters. The zero-order valence-electron chi connectivity index (χ0n) is 11.8. The average molecular weight is 302 g/mol. The highest BCUT2D eigenvalue weighted by atomic mass is 35.5. The van der Waals surface area contributed by atoms with Crippen molar-refractivity contribution in [1.29, 1.82) is 0 Å². The fraction of sp³-hybridized carbons (Fsp3) is 0.353. The number of fused-ring (bicyclic) bond motifs is 1. The van der Waals surface area contributed by atoms with Gasteiger partial charge in [0.2, 0.25) is 0 Å². The van der Waals surface area contributed by atoms with Crippen molar-refractivity contribution in [2.24, 2.45) is 5.92 Å². The molecule has 0 aliphatic heterocycles. The van der Waals surface area contributed by atoms with E-state index in [0.717, 1.165) is 24.6 Å². The first-order chi connectivity index (χ1) is 10.2. The van der Waals surface area contributed by atoms with Gasteiger partial charge in [-0.15, -0.1) is 0 Å². The summed E-state index contributed by atoms with van der Waals surface area (Å²) < 4.78 is 5.65. The maximum absolute atomic E-state index is 12.2. The third-order valence-electron chi connectivity index (χ3n) is 3.52. The van der Waals surface area contributed by atoms with E-state index < -0.39 is 0 Å². The van der Waals surface area contributed by atoms with Gasteiger partial charge < -0.3 is 9.72 Å². The second-order valence-electron chi connectivity index (χ2n) is 5.32. The standard InChI is InChI=1S/C17H16ClNO2/c1-2-3-13-16(21-9-8-11-4-5-11)14-10-12(18)6-7-15(14)19-17(13)20/h6-7,10-11H,2-5H2,1H3,(H,19,20). The van der Waals surface area contributed by atoms with Crippen molar-refractivity contribution >= 4 is 22.5 Å². The molecule has 1 aromatic carbocycles. The molecule has 0 unspecified atom stereocenters. The Bertz CT molecular complexity index is 794. The molecule has 4 heteroatoms. The summed E-state index contributed by atoms with van der Waals surface area (Å²) in [5.74, 6) is 4.06. The fourth-order valence-electron chi connectivity index (χ4n) is 2.26. The highest BCUT2D eigenvalue weighted by Crippen LogP contribution is 2.30. The predicted molar refractivity (Wildman–Crippen MR) is 84.7 cm³/mol. The Balaban J connectivity index is 2.14. The number of H-pyrrole nitrogens is 1. The van der Waals surface area contributed by atoms with E-state index in [0.29, 0.717) is 34.2 Å².